The number of carbonyl (C=O) groups excluding carboxylic acids is 2. The molecule has 2 aromatic heterocycles. The Hall–Kier alpha value is -4.31. The van der Waals surface area contributed by atoms with Gasteiger partial charge in [-0.2, -0.15) is 13.2 Å². The number of hydrogen-bond donors (Lipinski definition) is 2. The summed E-state index contributed by atoms with van der Waals surface area (Å²) in [7, 11) is 1.00. The van der Waals surface area contributed by atoms with Crippen LogP contribution in [0.3, 0.4) is 0 Å². The van der Waals surface area contributed by atoms with E-state index in [9.17, 15) is 22.8 Å². The SMILES string of the molecule is C=C(/C(=C\C)C(=O)Nc1ccc(-c2ccc(OC3CCC(CC=O)CC3)nc2)cc1)C(F)(F)F.CC.CO.Cc1ccccn1. The molecular weight excluding hydrogens is 583 g/mol. The van der Waals surface area contributed by atoms with Gasteiger partial charge in [-0.25, -0.2) is 4.98 Å². The molecule has 10 heteroatoms. The zero-order valence-electron chi connectivity index (χ0n) is 26.6. The molecule has 1 amide bonds. The van der Waals surface area contributed by atoms with Crippen LogP contribution in [-0.4, -0.2) is 46.7 Å². The van der Waals surface area contributed by atoms with Crippen molar-refractivity contribution < 1.29 is 32.6 Å². The summed E-state index contributed by atoms with van der Waals surface area (Å²) in [5, 5.41) is 9.47. The lowest BCUT2D eigenvalue weighted by molar-refractivity contribution is -0.115. The predicted octanol–water partition coefficient (Wildman–Crippen LogP) is 8.30. The van der Waals surface area contributed by atoms with Gasteiger partial charge in [-0.1, -0.05) is 44.7 Å². The van der Waals surface area contributed by atoms with Gasteiger partial charge in [0.15, 0.2) is 0 Å². The number of aliphatic hydroxyl groups is 1. The van der Waals surface area contributed by atoms with Gasteiger partial charge >= 0.3 is 6.18 Å². The van der Waals surface area contributed by atoms with E-state index in [2.05, 4.69) is 21.9 Å². The second-order valence-electron chi connectivity index (χ2n) is 9.73. The van der Waals surface area contributed by atoms with E-state index in [1.165, 1.54) is 6.92 Å². The summed E-state index contributed by atoms with van der Waals surface area (Å²) in [6.07, 6.45) is 5.34. The van der Waals surface area contributed by atoms with Crippen LogP contribution in [0.4, 0.5) is 18.9 Å². The van der Waals surface area contributed by atoms with Gasteiger partial charge in [0.2, 0.25) is 5.88 Å². The fourth-order valence-electron chi connectivity index (χ4n) is 4.40. The summed E-state index contributed by atoms with van der Waals surface area (Å²) in [4.78, 5) is 31.3. The maximum Gasteiger partial charge on any atom is 0.416 e. The van der Waals surface area contributed by atoms with Crippen molar-refractivity contribution in [2.24, 2.45) is 5.92 Å². The number of aromatic nitrogens is 2. The summed E-state index contributed by atoms with van der Waals surface area (Å²) >= 11 is 0. The highest BCUT2D eigenvalue weighted by Gasteiger charge is 2.36. The molecule has 1 aliphatic carbocycles. The number of aryl methyl sites for hydroxylation is 1. The average molecular weight is 628 g/mol. The van der Waals surface area contributed by atoms with Gasteiger partial charge < -0.3 is 20.0 Å². The van der Waals surface area contributed by atoms with E-state index in [1.807, 2.05) is 45.0 Å². The molecule has 244 valence electrons. The normalized spacial score (nSPS) is 15.8. The minimum Gasteiger partial charge on any atom is -0.474 e. The Bertz CT molecular complexity index is 1320. The number of amides is 1. The van der Waals surface area contributed by atoms with Crippen LogP contribution in [0, 0.1) is 12.8 Å². The number of nitrogens with zero attached hydrogens (tertiary/aromatic N) is 2. The highest BCUT2D eigenvalue weighted by Crippen LogP contribution is 2.31. The van der Waals surface area contributed by atoms with Crippen molar-refractivity contribution >= 4 is 17.9 Å². The number of aliphatic hydroxyl groups excluding tert-OH is 1. The molecule has 2 N–H and O–H groups in total. The Balaban J connectivity index is 0.000000788. The number of ether oxygens (including phenoxy) is 1. The third-order valence-corrected chi connectivity index (χ3v) is 6.74. The highest BCUT2D eigenvalue weighted by atomic mass is 19.4. The molecule has 0 aliphatic heterocycles. The Morgan fingerprint density at radius 1 is 1.00 bits per heavy atom. The zero-order valence-corrected chi connectivity index (χ0v) is 26.6. The van der Waals surface area contributed by atoms with Gasteiger partial charge in [-0.15, -0.1) is 0 Å². The number of pyridine rings is 2. The number of alkyl halides is 3. The third-order valence-electron chi connectivity index (χ3n) is 6.74. The van der Waals surface area contributed by atoms with E-state index in [-0.39, 0.29) is 6.10 Å². The van der Waals surface area contributed by atoms with Crippen molar-refractivity contribution in [3.63, 3.8) is 0 Å². The molecule has 2 heterocycles. The Morgan fingerprint density at radius 2 is 1.62 bits per heavy atom. The number of aldehydes is 1. The molecule has 7 nitrogen and oxygen atoms in total. The molecule has 1 aliphatic rings. The predicted molar refractivity (Wildman–Crippen MR) is 173 cm³/mol. The van der Waals surface area contributed by atoms with Crippen LogP contribution in [0.1, 0.15) is 58.6 Å². The van der Waals surface area contributed by atoms with Gasteiger partial charge in [-0.05, 0) is 81.3 Å². The van der Waals surface area contributed by atoms with Crippen LogP contribution >= 0.6 is 0 Å². The molecule has 0 saturated heterocycles. The monoisotopic (exact) mass is 627 g/mol. The summed E-state index contributed by atoms with van der Waals surface area (Å²) in [6, 6.07) is 16.2. The molecule has 0 radical (unpaired) electrons. The zero-order chi connectivity index (χ0) is 33.8. The van der Waals surface area contributed by atoms with Crippen molar-refractivity contribution in [2.45, 2.75) is 72.1 Å². The van der Waals surface area contributed by atoms with E-state index in [1.54, 1.807) is 42.7 Å². The average Bonchev–Trinajstić information content (AvgIpc) is 3.05. The quantitative estimate of drug-likeness (QED) is 0.148. The largest absolute Gasteiger partial charge is 0.474 e. The Kier molecular flexibility index (Phi) is 17.7. The molecule has 0 spiro atoms. The second kappa shape index (κ2) is 20.6. The van der Waals surface area contributed by atoms with E-state index in [4.69, 9.17) is 9.84 Å². The molecule has 4 rings (SSSR count). The Morgan fingerprint density at radius 3 is 2.07 bits per heavy atom. The van der Waals surface area contributed by atoms with Crippen molar-refractivity contribution in [1.29, 1.82) is 0 Å². The van der Waals surface area contributed by atoms with Gasteiger partial charge in [0.1, 0.15) is 12.4 Å². The van der Waals surface area contributed by atoms with E-state index in [0.717, 1.165) is 62.0 Å². The number of hydrogen-bond acceptors (Lipinski definition) is 6. The van der Waals surface area contributed by atoms with Gasteiger partial charge in [0.25, 0.3) is 5.91 Å². The fraction of sp³-hybridized carbons (Fsp3) is 0.371. The first kappa shape index (κ1) is 38.7. The number of carbonyl (C=O) groups is 2. The summed E-state index contributed by atoms with van der Waals surface area (Å²) < 4.78 is 44.6. The fourth-order valence-corrected chi connectivity index (χ4v) is 4.40. The van der Waals surface area contributed by atoms with Crippen molar-refractivity contribution in [3.05, 3.63) is 96.5 Å². The molecule has 0 atom stereocenters. The molecule has 1 aromatic carbocycles. The number of rotatable bonds is 8. The van der Waals surface area contributed by atoms with Crippen LogP contribution in [0.5, 0.6) is 5.88 Å². The smallest absolute Gasteiger partial charge is 0.416 e. The molecule has 1 saturated carbocycles. The number of benzene rings is 1. The number of nitrogens with one attached hydrogen (secondary N) is 1. The lowest BCUT2D eigenvalue weighted by Crippen LogP contribution is -2.24. The standard InChI is InChI=1S/C26H27F3N2O3.C6H7N.C2H6.CH4O/c1-3-23(17(2)26(27,28)29)25(33)31-21-9-6-19(7-10-21)20-8-13-24(30-16-20)34-22-11-4-18(5-12-22)14-15-32;1-6-4-2-3-5-7-6;2*1-2/h3,6-10,13,15-16,18,22H,2,4-5,11-12,14H2,1H3,(H,31,33);2-5H,1H3;1-2H3;2H,1H3/b23-3+;;;. The molecule has 0 unspecified atom stereocenters. The minimum absolute atomic E-state index is 0.0969. The van der Waals surface area contributed by atoms with Gasteiger partial charge in [0, 0.05) is 54.5 Å². The van der Waals surface area contributed by atoms with Crippen molar-refractivity contribution in [1.82, 2.24) is 9.97 Å². The highest BCUT2D eigenvalue weighted by molar-refractivity contribution is 6.07. The van der Waals surface area contributed by atoms with E-state index < -0.39 is 23.2 Å². The van der Waals surface area contributed by atoms with Crippen molar-refractivity contribution in [2.75, 3.05) is 12.4 Å². The molecule has 0 bridgehead atoms. The first-order chi connectivity index (χ1) is 21.6. The molecule has 3 aromatic rings. The lowest BCUT2D eigenvalue weighted by Gasteiger charge is -2.27. The first-order valence-corrected chi connectivity index (χ1v) is 14.8. The van der Waals surface area contributed by atoms with Gasteiger partial charge in [0.05, 0.1) is 5.57 Å². The maximum atomic E-state index is 12.9. The summed E-state index contributed by atoms with van der Waals surface area (Å²) in [6.45, 7) is 10.3. The minimum atomic E-state index is -4.68. The topological polar surface area (TPSA) is 101 Å². The second-order valence-corrected chi connectivity index (χ2v) is 9.73. The van der Waals surface area contributed by atoms with Crippen LogP contribution in [0.15, 0.2) is 90.8 Å². The third kappa shape index (κ3) is 13.5. The lowest BCUT2D eigenvalue weighted by atomic mass is 9.86. The molecule has 1 fully saturated rings. The van der Waals surface area contributed by atoms with Crippen molar-refractivity contribution in [3.8, 4) is 17.0 Å². The number of halogens is 3. The van der Waals surface area contributed by atoms with Crippen LogP contribution < -0.4 is 10.1 Å². The summed E-state index contributed by atoms with van der Waals surface area (Å²) in [5.41, 5.74) is 1.39. The van der Waals surface area contributed by atoms with Crippen LogP contribution in [0.2, 0.25) is 0 Å². The molecular formula is C35H44F3N3O4. The van der Waals surface area contributed by atoms with E-state index in [0.29, 0.717) is 23.9 Å². The summed E-state index contributed by atoms with van der Waals surface area (Å²) in [5.74, 6) is 0.115. The first-order valence-electron chi connectivity index (χ1n) is 14.8. The van der Waals surface area contributed by atoms with E-state index >= 15 is 0 Å². The Labute approximate surface area is 264 Å². The number of allylic oxidation sites excluding steroid dienone is 1. The molecule has 45 heavy (non-hydrogen) atoms. The number of anilines is 1. The van der Waals surface area contributed by atoms with Gasteiger partial charge in [-0.3, -0.25) is 9.78 Å². The van der Waals surface area contributed by atoms with Crippen LogP contribution in [-0.2, 0) is 9.59 Å². The maximum absolute atomic E-state index is 12.9. The van der Waals surface area contributed by atoms with Crippen LogP contribution in [0.25, 0.3) is 11.1 Å².